The van der Waals surface area contributed by atoms with Gasteiger partial charge < -0.3 is 14.6 Å². The fourth-order valence-electron chi connectivity index (χ4n) is 4.29. The Morgan fingerprint density at radius 1 is 1.36 bits per heavy atom. The fourth-order valence-corrected chi connectivity index (χ4v) is 4.29. The molecule has 3 rings (SSSR count). The molecule has 0 aromatic carbocycles. The third-order valence-electron chi connectivity index (χ3n) is 5.78. The maximum absolute atomic E-state index is 11.8. The topological polar surface area (TPSA) is 78.7 Å². The summed E-state index contributed by atoms with van der Waals surface area (Å²) in [6.45, 7) is 9.00. The number of piperidine rings is 1. The summed E-state index contributed by atoms with van der Waals surface area (Å²) in [5.41, 5.74) is -0.0430. The van der Waals surface area contributed by atoms with Gasteiger partial charge in [-0.2, -0.15) is 0 Å². The molecule has 0 saturated carbocycles. The molecule has 2 saturated heterocycles. The Morgan fingerprint density at radius 3 is 2.56 bits per heavy atom. The molecule has 25 heavy (non-hydrogen) atoms. The molecule has 0 aliphatic carbocycles. The molecule has 1 unspecified atom stereocenters. The van der Waals surface area contributed by atoms with E-state index in [0.717, 1.165) is 38.3 Å². The van der Waals surface area contributed by atoms with E-state index in [9.17, 15) is 14.7 Å². The summed E-state index contributed by atoms with van der Waals surface area (Å²) in [7, 11) is 0. The van der Waals surface area contributed by atoms with E-state index in [1.807, 2.05) is 12.4 Å². The molecule has 2 fully saturated rings. The van der Waals surface area contributed by atoms with Crippen LogP contribution in [0, 0.1) is 5.41 Å². The Kier molecular flexibility index (Phi) is 4.86. The van der Waals surface area contributed by atoms with Crippen molar-refractivity contribution < 1.29 is 14.7 Å². The van der Waals surface area contributed by atoms with Crippen molar-refractivity contribution in [2.24, 2.45) is 5.41 Å². The number of hydrogen-bond acceptors (Lipinski definition) is 4. The molecule has 1 spiro atoms. The van der Waals surface area contributed by atoms with Crippen molar-refractivity contribution in [1.29, 1.82) is 0 Å². The predicted octanol–water partition coefficient (Wildman–Crippen LogP) is 1.75. The number of amides is 1. The minimum absolute atomic E-state index is 0.0430. The third-order valence-corrected chi connectivity index (χ3v) is 5.78. The second-order valence-corrected chi connectivity index (χ2v) is 7.83. The van der Waals surface area contributed by atoms with Crippen molar-refractivity contribution in [3.05, 3.63) is 18.2 Å². The number of carbonyl (C=O) groups is 2. The minimum atomic E-state index is -0.881. The molecule has 1 atom stereocenters. The molecule has 1 aromatic rings. The zero-order chi connectivity index (χ0) is 18.2. The lowest BCUT2D eigenvalue weighted by Gasteiger charge is -2.39. The third kappa shape index (κ3) is 3.56. The van der Waals surface area contributed by atoms with Crippen LogP contribution in [0.4, 0.5) is 0 Å². The summed E-state index contributed by atoms with van der Waals surface area (Å²) in [5.74, 6) is 0.0604. The standard InChI is InChI=1S/C18H28N4O3/c1-13(2)21-9-6-19-16(21)11-20-7-4-18(5-8-20)10-15(17(24)25)22(12-18)14(3)23/h6,9,13,15H,4-5,7-8,10-12H2,1-3H3,(H,24,25). The lowest BCUT2D eigenvalue weighted by atomic mass is 9.76. The van der Waals surface area contributed by atoms with Crippen molar-refractivity contribution in [2.45, 2.75) is 58.7 Å². The number of rotatable bonds is 4. The average Bonchev–Trinajstić information content (AvgIpc) is 3.15. The molecule has 1 N–H and O–H groups in total. The first-order chi connectivity index (χ1) is 11.8. The zero-order valence-corrected chi connectivity index (χ0v) is 15.3. The molecule has 1 aromatic heterocycles. The van der Waals surface area contributed by atoms with E-state index < -0.39 is 12.0 Å². The quantitative estimate of drug-likeness (QED) is 0.897. The smallest absolute Gasteiger partial charge is 0.326 e. The van der Waals surface area contributed by atoms with Crippen molar-refractivity contribution in [2.75, 3.05) is 19.6 Å². The monoisotopic (exact) mass is 348 g/mol. The number of aromatic nitrogens is 2. The summed E-state index contributed by atoms with van der Waals surface area (Å²) in [5, 5.41) is 9.44. The van der Waals surface area contributed by atoms with Gasteiger partial charge in [0, 0.05) is 31.9 Å². The molecule has 0 bridgehead atoms. The molecular formula is C18H28N4O3. The van der Waals surface area contributed by atoms with Crippen LogP contribution in [-0.2, 0) is 16.1 Å². The highest BCUT2D eigenvalue weighted by Crippen LogP contribution is 2.43. The molecule has 7 heteroatoms. The van der Waals surface area contributed by atoms with Gasteiger partial charge in [0.1, 0.15) is 11.9 Å². The van der Waals surface area contributed by atoms with Crippen LogP contribution < -0.4 is 0 Å². The van der Waals surface area contributed by atoms with Crippen molar-refractivity contribution in [3.63, 3.8) is 0 Å². The van der Waals surface area contributed by atoms with Crippen LogP contribution in [0.15, 0.2) is 12.4 Å². The molecule has 7 nitrogen and oxygen atoms in total. The van der Waals surface area contributed by atoms with Gasteiger partial charge in [-0.1, -0.05) is 0 Å². The first-order valence-corrected chi connectivity index (χ1v) is 9.05. The lowest BCUT2D eigenvalue weighted by Crippen LogP contribution is -2.42. The summed E-state index contributed by atoms with van der Waals surface area (Å²) >= 11 is 0. The van der Waals surface area contributed by atoms with E-state index in [2.05, 4.69) is 28.3 Å². The van der Waals surface area contributed by atoms with Crippen LogP contribution in [-0.4, -0.2) is 62.0 Å². The highest BCUT2D eigenvalue weighted by Gasteiger charge is 2.49. The molecule has 138 valence electrons. The summed E-state index contributed by atoms with van der Waals surface area (Å²) in [4.78, 5) is 31.7. The van der Waals surface area contributed by atoms with Gasteiger partial charge in [-0.05, 0) is 51.6 Å². The number of likely N-dealkylation sites (tertiary alicyclic amines) is 2. The normalized spacial score (nSPS) is 23.5. The number of carbonyl (C=O) groups excluding carboxylic acids is 1. The highest BCUT2D eigenvalue weighted by molar-refractivity contribution is 5.83. The number of imidazole rings is 1. The Balaban J connectivity index is 1.63. The van der Waals surface area contributed by atoms with Crippen molar-refractivity contribution in [1.82, 2.24) is 19.4 Å². The van der Waals surface area contributed by atoms with Crippen molar-refractivity contribution >= 4 is 11.9 Å². The maximum atomic E-state index is 11.8. The first-order valence-electron chi connectivity index (χ1n) is 9.05. The van der Waals surface area contributed by atoms with Gasteiger partial charge in [-0.25, -0.2) is 9.78 Å². The Morgan fingerprint density at radius 2 is 2.04 bits per heavy atom. The second kappa shape index (κ2) is 6.78. The first kappa shape index (κ1) is 17.9. The molecule has 3 heterocycles. The predicted molar refractivity (Wildman–Crippen MR) is 93.0 cm³/mol. The number of carboxylic acids is 1. The van der Waals surface area contributed by atoms with Gasteiger partial charge in [-0.3, -0.25) is 9.69 Å². The summed E-state index contributed by atoms with van der Waals surface area (Å²) in [6.07, 6.45) is 6.31. The Labute approximate surface area is 148 Å². The van der Waals surface area contributed by atoms with Crippen LogP contribution in [0.1, 0.15) is 51.9 Å². The Bertz CT molecular complexity index is 623. The van der Waals surface area contributed by atoms with Gasteiger partial charge in [-0.15, -0.1) is 0 Å². The summed E-state index contributed by atoms with van der Waals surface area (Å²) in [6, 6.07) is -0.271. The van der Waals surface area contributed by atoms with Crippen LogP contribution in [0.3, 0.4) is 0 Å². The van der Waals surface area contributed by atoms with Crippen LogP contribution in [0.25, 0.3) is 0 Å². The van der Waals surface area contributed by atoms with E-state index in [4.69, 9.17) is 0 Å². The number of aliphatic carboxylic acids is 1. The fraction of sp³-hybridized carbons (Fsp3) is 0.722. The van der Waals surface area contributed by atoms with Gasteiger partial charge in [0.05, 0.1) is 6.54 Å². The molecular weight excluding hydrogens is 320 g/mol. The van der Waals surface area contributed by atoms with Gasteiger partial charge >= 0.3 is 5.97 Å². The molecule has 0 radical (unpaired) electrons. The van der Waals surface area contributed by atoms with Gasteiger partial charge in [0.15, 0.2) is 0 Å². The molecule has 2 aliphatic heterocycles. The van der Waals surface area contributed by atoms with E-state index in [1.54, 1.807) is 4.90 Å². The average molecular weight is 348 g/mol. The number of nitrogens with zero attached hydrogens (tertiary/aromatic N) is 4. The van der Waals surface area contributed by atoms with E-state index in [0.29, 0.717) is 19.0 Å². The van der Waals surface area contributed by atoms with Crippen LogP contribution in [0.5, 0.6) is 0 Å². The summed E-state index contributed by atoms with van der Waals surface area (Å²) < 4.78 is 2.19. The van der Waals surface area contributed by atoms with Crippen molar-refractivity contribution in [3.8, 4) is 0 Å². The number of carboxylic acid groups (broad SMARTS) is 1. The van der Waals surface area contributed by atoms with Gasteiger partial charge in [0.2, 0.25) is 5.91 Å². The van der Waals surface area contributed by atoms with Gasteiger partial charge in [0.25, 0.3) is 0 Å². The largest absolute Gasteiger partial charge is 0.480 e. The second-order valence-electron chi connectivity index (χ2n) is 7.83. The molecule has 1 amide bonds. The van der Waals surface area contributed by atoms with E-state index >= 15 is 0 Å². The Hall–Kier alpha value is -1.89. The SMILES string of the molecule is CC(=O)N1CC2(CCN(Cc3nccn3C(C)C)CC2)CC1C(=O)O. The highest BCUT2D eigenvalue weighted by atomic mass is 16.4. The zero-order valence-electron chi connectivity index (χ0n) is 15.3. The number of hydrogen-bond donors (Lipinski definition) is 1. The van der Waals surface area contributed by atoms with E-state index in [1.165, 1.54) is 6.92 Å². The van der Waals surface area contributed by atoms with E-state index in [-0.39, 0.29) is 11.3 Å². The molecule has 2 aliphatic rings. The van der Waals surface area contributed by atoms with Crippen LogP contribution in [0.2, 0.25) is 0 Å². The lowest BCUT2D eigenvalue weighted by molar-refractivity contribution is -0.147. The maximum Gasteiger partial charge on any atom is 0.326 e. The van der Waals surface area contributed by atoms with Crippen LogP contribution >= 0.6 is 0 Å². The minimum Gasteiger partial charge on any atom is -0.480 e.